The summed E-state index contributed by atoms with van der Waals surface area (Å²) >= 11 is 5.49. The van der Waals surface area contributed by atoms with E-state index in [1.54, 1.807) is 12.2 Å². The van der Waals surface area contributed by atoms with Gasteiger partial charge in [0.25, 0.3) is 0 Å². The lowest BCUT2D eigenvalue weighted by molar-refractivity contribution is -0.117. The molecular weight excluding hydrogens is 342 g/mol. The van der Waals surface area contributed by atoms with Crippen molar-refractivity contribution in [2.24, 2.45) is 0 Å². The third-order valence-corrected chi connectivity index (χ3v) is 4.26. The third kappa shape index (κ3) is 6.33. The Morgan fingerprint density at radius 3 is 2.31 bits per heavy atom. The molecule has 0 heterocycles. The summed E-state index contributed by atoms with van der Waals surface area (Å²) in [4.78, 5) is 14.1. The molecule has 2 aromatic rings. The van der Waals surface area contributed by atoms with Crippen LogP contribution >= 0.6 is 12.2 Å². The van der Waals surface area contributed by atoms with E-state index < -0.39 is 0 Å². The van der Waals surface area contributed by atoms with Crippen molar-refractivity contribution in [1.82, 2.24) is 10.6 Å². The van der Waals surface area contributed by atoms with Gasteiger partial charge in [0.15, 0.2) is 5.11 Å². The molecule has 0 aliphatic rings. The van der Waals surface area contributed by atoms with E-state index >= 15 is 0 Å². The second kappa shape index (κ2) is 10.4. The Morgan fingerprint density at radius 2 is 1.69 bits per heavy atom. The summed E-state index contributed by atoms with van der Waals surface area (Å²) in [5.41, 5.74) is 1.98. The average molecular weight is 368 g/mol. The predicted molar refractivity (Wildman–Crippen MR) is 113 cm³/mol. The molecule has 0 fully saturated rings. The maximum absolute atomic E-state index is 12.2. The molecule has 5 heteroatoms. The van der Waals surface area contributed by atoms with Gasteiger partial charge in [-0.05, 0) is 42.4 Å². The van der Waals surface area contributed by atoms with Crippen molar-refractivity contribution >= 4 is 35.0 Å². The molecule has 0 radical (unpaired) electrons. The lowest BCUT2D eigenvalue weighted by Crippen LogP contribution is -2.51. The van der Waals surface area contributed by atoms with Crippen molar-refractivity contribution < 1.29 is 4.79 Å². The highest BCUT2D eigenvalue weighted by atomic mass is 32.1. The molecule has 2 N–H and O–H groups in total. The molecular formula is C21H25N3OS. The minimum Gasteiger partial charge on any atom is -0.342 e. The minimum absolute atomic E-state index is 0.148. The molecule has 0 aliphatic carbocycles. The van der Waals surface area contributed by atoms with Gasteiger partial charge in [0.05, 0.1) is 0 Å². The van der Waals surface area contributed by atoms with Crippen molar-refractivity contribution in [3.05, 3.63) is 72.3 Å². The SMILES string of the molecule is CCCC(NC(=O)/C=C/c1ccccc1)NC(=S)N(C)c1ccccc1. The third-order valence-electron chi connectivity index (χ3n) is 3.87. The summed E-state index contributed by atoms with van der Waals surface area (Å²) in [5, 5.41) is 6.78. The van der Waals surface area contributed by atoms with Crippen molar-refractivity contribution in [2.75, 3.05) is 11.9 Å². The lowest BCUT2D eigenvalue weighted by atomic mass is 10.2. The van der Waals surface area contributed by atoms with E-state index in [2.05, 4.69) is 17.6 Å². The molecule has 0 saturated carbocycles. The average Bonchev–Trinajstić information content (AvgIpc) is 2.67. The molecule has 1 amide bonds. The maximum Gasteiger partial charge on any atom is 0.245 e. The fourth-order valence-corrected chi connectivity index (χ4v) is 2.69. The van der Waals surface area contributed by atoms with Crippen LogP contribution < -0.4 is 15.5 Å². The lowest BCUT2D eigenvalue weighted by Gasteiger charge is -2.26. The van der Waals surface area contributed by atoms with Crippen LogP contribution in [0.15, 0.2) is 66.7 Å². The first kappa shape index (κ1) is 19.7. The van der Waals surface area contributed by atoms with Gasteiger partial charge < -0.3 is 15.5 Å². The number of nitrogens with one attached hydrogen (secondary N) is 2. The number of amides is 1. The van der Waals surface area contributed by atoms with Crippen molar-refractivity contribution in [2.45, 2.75) is 25.9 Å². The summed E-state index contributed by atoms with van der Waals surface area (Å²) in [6, 6.07) is 19.6. The molecule has 0 aromatic heterocycles. The van der Waals surface area contributed by atoms with E-state index in [9.17, 15) is 4.79 Å². The Balaban J connectivity index is 1.94. The Labute approximate surface area is 160 Å². The summed E-state index contributed by atoms with van der Waals surface area (Å²) in [6.07, 6.45) is 4.84. The highest BCUT2D eigenvalue weighted by Gasteiger charge is 2.14. The van der Waals surface area contributed by atoms with Gasteiger partial charge >= 0.3 is 0 Å². The molecule has 1 unspecified atom stereocenters. The number of hydrogen-bond acceptors (Lipinski definition) is 2. The summed E-state index contributed by atoms with van der Waals surface area (Å²) < 4.78 is 0. The molecule has 26 heavy (non-hydrogen) atoms. The maximum atomic E-state index is 12.2. The van der Waals surface area contributed by atoms with E-state index in [1.807, 2.05) is 72.6 Å². The van der Waals surface area contributed by atoms with Crippen LogP contribution in [0.4, 0.5) is 5.69 Å². The van der Waals surface area contributed by atoms with Crippen LogP contribution in [-0.2, 0) is 4.79 Å². The first-order valence-electron chi connectivity index (χ1n) is 8.73. The number of nitrogens with zero attached hydrogens (tertiary/aromatic N) is 1. The van der Waals surface area contributed by atoms with Crippen LogP contribution in [0.2, 0.25) is 0 Å². The van der Waals surface area contributed by atoms with E-state index in [1.165, 1.54) is 0 Å². The summed E-state index contributed by atoms with van der Waals surface area (Å²) in [7, 11) is 1.91. The first-order valence-corrected chi connectivity index (χ1v) is 9.14. The van der Waals surface area contributed by atoms with Gasteiger partial charge in [-0.3, -0.25) is 4.79 Å². The van der Waals surface area contributed by atoms with Gasteiger partial charge in [0, 0.05) is 18.8 Å². The Hall–Kier alpha value is -2.66. The number of carbonyl (C=O) groups is 1. The molecule has 0 saturated heterocycles. The molecule has 2 rings (SSSR count). The standard InChI is InChI=1S/C21H25N3OS/c1-3-10-19(22-20(25)16-15-17-11-6-4-7-12-17)23-21(26)24(2)18-13-8-5-9-14-18/h4-9,11-16,19H,3,10H2,1-2H3,(H,22,25)(H,23,26)/b16-15+. The highest BCUT2D eigenvalue weighted by molar-refractivity contribution is 7.80. The normalized spacial score (nSPS) is 11.8. The molecule has 2 aromatic carbocycles. The monoisotopic (exact) mass is 367 g/mol. The van der Waals surface area contributed by atoms with E-state index in [4.69, 9.17) is 12.2 Å². The Bertz CT molecular complexity index is 731. The number of hydrogen-bond donors (Lipinski definition) is 2. The topological polar surface area (TPSA) is 44.4 Å². The fourth-order valence-electron chi connectivity index (χ4n) is 2.44. The van der Waals surface area contributed by atoms with Crippen molar-refractivity contribution in [1.29, 1.82) is 0 Å². The molecule has 0 spiro atoms. The van der Waals surface area contributed by atoms with E-state index in [-0.39, 0.29) is 12.1 Å². The Morgan fingerprint density at radius 1 is 1.08 bits per heavy atom. The van der Waals surface area contributed by atoms with Gasteiger partial charge in [-0.2, -0.15) is 0 Å². The van der Waals surface area contributed by atoms with Gasteiger partial charge in [0.2, 0.25) is 5.91 Å². The van der Waals surface area contributed by atoms with Gasteiger partial charge in [-0.1, -0.05) is 61.9 Å². The van der Waals surface area contributed by atoms with Crippen LogP contribution in [0.3, 0.4) is 0 Å². The predicted octanol–water partition coefficient (Wildman–Crippen LogP) is 3.95. The second-order valence-electron chi connectivity index (χ2n) is 5.94. The van der Waals surface area contributed by atoms with Crippen LogP contribution in [0.1, 0.15) is 25.3 Å². The van der Waals surface area contributed by atoms with Crippen molar-refractivity contribution in [3.8, 4) is 0 Å². The van der Waals surface area contributed by atoms with E-state index in [0.717, 1.165) is 24.1 Å². The molecule has 4 nitrogen and oxygen atoms in total. The number of thiocarbonyl (C=S) groups is 1. The molecule has 0 bridgehead atoms. The number of carbonyl (C=O) groups excluding carboxylic acids is 1. The van der Waals surface area contributed by atoms with Crippen LogP contribution in [0.25, 0.3) is 6.08 Å². The zero-order valence-electron chi connectivity index (χ0n) is 15.2. The smallest absolute Gasteiger partial charge is 0.245 e. The Kier molecular flexibility index (Phi) is 7.83. The van der Waals surface area contributed by atoms with E-state index in [0.29, 0.717) is 5.11 Å². The molecule has 0 aliphatic heterocycles. The first-order chi connectivity index (χ1) is 12.6. The zero-order chi connectivity index (χ0) is 18.8. The highest BCUT2D eigenvalue weighted by Crippen LogP contribution is 2.11. The van der Waals surface area contributed by atoms with Gasteiger partial charge in [-0.25, -0.2) is 0 Å². The largest absolute Gasteiger partial charge is 0.342 e. The zero-order valence-corrected chi connectivity index (χ0v) is 16.0. The summed E-state index contributed by atoms with van der Waals surface area (Å²) in [5.74, 6) is -0.148. The molecule has 1 atom stereocenters. The second-order valence-corrected chi connectivity index (χ2v) is 6.32. The van der Waals surface area contributed by atoms with Gasteiger partial charge in [0.1, 0.15) is 6.17 Å². The quantitative estimate of drug-likeness (QED) is 0.442. The number of anilines is 1. The van der Waals surface area contributed by atoms with Crippen LogP contribution in [0.5, 0.6) is 0 Å². The minimum atomic E-state index is -0.216. The fraction of sp³-hybridized carbons (Fsp3) is 0.238. The van der Waals surface area contributed by atoms with Gasteiger partial charge in [-0.15, -0.1) is 0 Å². The van der Waals surface area contributed by atoms with Crippen LogP contribution in [-0.4, -0.2) is 24.2 Å². The van der Waals surface area contributed by atoms with Crippen LogP contribution in [0, 0.1) is 0 Å². The number of rotatable bonds is 7. The molecule has 136 valence electrons. The number of para-hydroxylation sites is 1. The summed E-state index contributed by atoms with van der Waals surface area (Å²) in [6.45, 7) is 2.07. The number of benzene rings is 2. The van der Waals surface area contributed by atoms with Crippen molar-refractivity contribution in [3.63, 3.8) is 0 Å².